The summed E-state index contributed by atoms with van der Waals surface area (Å²) >= 11 is 0. The fraction of sp³-hybridized carbons (Fsp3) is 0.500. The van der Waals surface area contributed by atoms with E-state index in [1.54, 1.807) is 9.58 Å². The van der Waals surface area contributed by atoms with E-state index in [2.05, 4.69) is 15.5 Å². The van der Waals surface area contributed by atoms with Gasteiger partial charge in [0.05, 0.1) is 37.5 Å². The van der Waals surface area contributed by atoms with Gasteiger partial charge in [-0.2, -0.15) is 4.68 Å². The zero-order chi connectivity index (χ0) is 17.1. The number of aryl methyl sites for hydroxylation is 1. The standard InChI is InChI=1S/C16H21N5O3/c1-3-20(14-9-24-10-15(14)22)16(23)8-12-4-6-13(7-5-12)21-11(2)17-18-19-21/h4-7,14-15,22H,3,8-10H2,1-2H3/t14-,15-/m0/s1. The van der Waals surface area contributed by atoms with E-state index in [-0.39, 0.29) is 25.0 Å². The lowest BCUT2D eigenvalue weighted by atomic mass is 10.1. The molecule has 1 aliphatic heterocycles. The maximum absolute atomic E-state index is 12.6. The van der Waals surface area contributed by atoms with Crippen molar-refractivity contribution < 1.29 is 14.6 Å². The lowest BCUT2D eigenvalue weighted by Crippen LogP contribution is -2.47. The molecule has 8 nitrogen and oxygen atoms in total. The molecule has 1 amide bonds. The molecule has 8 heteroatoms. The van der Waals surface area contributed by atoms with Gasteiger partial charge in [0.25, 0.3) is 0 Å². The maximum Gasteiger partial charge on any atom is 0.227 e. The number of likely N-dealkylation sites (N-methyl/N-ethyl adjacent to an activating group) is 1. The van der Waals surface area contributed by atoms with Crippen molar-refractivity contribution >= 4 is 5.91 Å². The molecule has 1 aliphatic rings. The molecule has 0 aliphatic carbocycles. The van der Waals surface area contributed by atoms with Crippen LogP contribution in [0.3, 0.4) is 0 Å². The molecule has 1 aromatic carbocycles. The molecule has 1 aromatic heterocycles. The van der Waals surface area contributed by atoms with Gasteiger partial charge in [-0.05, 0) is 42.0 Å². The van der Waals surface area contributed by atoms with Gasteiger partial charge in [0.2, 0.25) is 5.91 Å². The molecule has 1 N–H and O–H groups in total. The van der Waals surface area contributed by atoms with Gasteiger partial charge in [-0.15, -0.1) is 5.10 Å². The Morgan fingerprint density at radius 2 is 2.12 bits per heavy atom. The molecule has 0 bridgehead atoms. The van der Waals surface area contributed by atoms with Crippen molar-refractivity contribution in [3.63, 3.8) is 0 Å². The summed E-state index contributed by atoms with van der Waals surface area (Å²) < 4.78 is 6.89. The van der Waals surface area contributed by atoms with Gasteiger partial charge in [0, 0.05) is 6.54 Å². The minimum atomic E-state index is -0.612. The van der Waals surface area contributed by atoms with Crippen LogP contribution in [0.1, 0.15) is 18.3 Å². The topological polar surface area (TPSA) is 93.4 Å². The quantitative estimate of drug-likeness (QED) is 0.836. The van der Waals surface area contributed by atoms with E-state index in [1.807, 2.05) is 38.1 Å². The summed E-state index contributed by atoms with van der Waals surface area (Å²) in [6.45, 7) is 4.95. The van der Waals surface area contributed by atoms with Crippen LogP contribution < -0.4 is 0 Å². The van der Waals surface area contributed by atoms with Gasteiger partial charge in [-0.25, -0.2) is 0 Å². The normalized spacial score (nSPS) is 20.3. The molecular weight excluding hydrogens is 310 g/mol. The van der Waals surface area contributed by atoms with Crippen LogP contribution in [0.25, 0.3) is 5.69 Å². The molecule has 0 spiro atoms. The minimum absolute atomic E-state index is 0.0154. The monoisotopic (exact) mass is 331 g/mol. The first-order valence-corrected chi connectivity index (χ1v) is 7.99. The number of rotatable bonds is 5. The number of aromatic nitrogens is 4. The van der Waals surface area contributed by atoms with Gasteiger partial charge in [-0.3, -0.25) is 4.79 Å². The molecule has 2 heterocycles. The summed E-state index contributed by atoms with van der Waals surface area (Å²) in [4.78, 5) is 14.3. The van der Waals surface area contributed by atoms with Crippen molar-refractivity contribution in [1.82, 2.24) is 25.1 Å². The summed E-state index contributed by atoms with van der Waals surface area (Å²) in [5.74, 6) is 0.685. The molecular formula is C16H21N5O3. The first-order chi connectivity index (χ1) is 11.6. The van der Waals surface area contributed by atoms with Crippen molar-refractivity contribution in [3.8, 4) is 5.69 Å². The third-order valence-corrected chi connectivity index (χ3v) is 4.24. The zero-order valence-corrected chi connectivity index (χ0v) is 13.8. The SMILES string of the molecule is CCN(C(=O)Cc1ccc(-n2nnnc2C)cc1)[C@H]1COC[C@@H]1O. The van der Waals surface area contributed by atoms with Crippen LogP contribution in [0.4, 0.5) is 0 Å². The van der Waals surface area contributed by atoms with Gasteiger partial charge in [-0.1, -0.05) is 12.1 Å². The van der Waals surface area contributed by atoms with Gasteiger partial charge in [0.15, 0.2) is 5.82 Å². The fourth-order valence-corrected chi connectivity index (χ4v) is 2.93. The first-order valence-electron chi connectivity index (χ1n) is 7.99. The Hall–Kier alpha value is -2.32. The third kappa shape index (κ3) is 3.29. The summed E-state index contributed by atoms with van der Waals surface area (Å²) in [7, 11) is 0. The Morgan fingerprint density at radius 1 is 1.38 bits per heavy atom. The Bertz CT molecular complexity index is 700. The molecule has 1 fully saturated rings. The lowest BCUT2D eigenvalue weighted by molar-refractivity contribution is -0.134. The molecule has 1 saturated heterocycles. The Kier molecular flexibility index (Phi) is 4.86. The summed E-state index contributed by atoms with van der Waals surface area (Å²) in [6, 6.07) is 7.30. The second kappa shape index (κ2) is 7.06. The number of amides is 1. The number of hydrogen-bond acceptors (Lipinski definition) is 6. The number of ether oxygens (including phenoxy) is 1. The summed E-state index contributed by atoms with van der Waals surface area (Å²) in [6.07, 6.45) is -0.328. The molecule has 3 rings (SSSR count). The van der Waals surface area contributed by atoms with Crippen LogP contribution >= 0.6 is 0 Å². The predicted octanol–water partition coefficient (Wildman–Crippen LogP) is 0.121. The Morgan fingerprint density at radius 3 is 2.67 bits per heavy atom. The molecule has 2 atom stereocenters. The average molecular weight is 331 g/mol. The Labute approximate surface area is 140 Å². The van der Waals surface area contributed by atoms with E-state index in [1.165, 1.54) is 0 Å². The van der Waals surface area contributed by atoms with Gasteiger partial charge >= 0.3 is 0 Å². The van der Waals surface area contributed by atoms with Gasteiger partial charge < -0.3 is 14.7 Å². The van der Waals surface area contributed by atoms with Crippen LogP contribution in [0.2, 0.25) is 0 Å². The predicted molar refractivity (Wildman–Crippen MR) is 85.6 cm³/mol. The highest BCUT2D eigenvalue weighted by Gasteiger charge is 2.33. The maximum atomic E-state index is 12.6. The highest BCUT2D eigenvalue weighted by atomic mass is 16.5. The smallest absolute Gasteiger partial charge is 0.227 e. The van der Waals surface area contributed by atoms with Crippen molar-refractivity contribution in [2.75, 3.05) is 19.8 Å². The second-order valence-electron chi connectivity index (χ2n) is 5.83. The van der Waals surface area contributed by atoms with E-state index in [0.29, 0.717) is 19.0 Å². The molecule has 128 valence electrons. The Balaban J connectivity index is 1.69. The van der Waals surface area contributed by atoms with E-state index < -0.39 is 6.10 Å². The zero-order valence-electron chi connectivity index (χ0n) is 13.8. The number of carbonyl (C=O) groups excluding carboxylic acids is 1. The molecule has 0 saturated carbocycles. The van der Waals surface area contributed by atoms with Crippen LogP contribution in [0, 0.1) is 6.92 Å². The molecule has 24 heavy (non-hydrogen) atoms. The highest BCUT2D eigenvalue weighted by Crippen LogP contribution is 2.16. The van der Waals surface area contributed by atoms with Crippen molar-refractivity contribution in [1.29, 1.82) is 0 Å². The molecule has 2 aromatic rings. The van der Waals surface area contributed by atoms with Crippen molar-refractivity contribution in [2.24, 2.45) is 0 Å². The number of aliphatic hydroxyl groups excluding tert-OH is 1. The van der Waals surface area contributed by atoms with Crippen LogP contribution in [0.15, 0.2) is 24.3 Å². The number of nitrogens with zero attached hydrogens (tertiary/aromatic N) is 5. The van der Waals surface area contributed by atoms with E-state index in [9.17, 15) is 9.90 Å². The number of benzene rings is 1. The van der Waals surface area contributed by atoms with E-state index in [0.717, 1.165) is 11.3 Å². The number of carbonyl (C=O) groups is 1. The van der Waals surface area contributed by atoms with Crippen LogP contribution in [-0.4, -0.2) is 68.0 Å². The first kappa shape index (κ1) is 16.5. The minimum Gasteiger partial charge on any atom is -0.388 e. The highest BCUT2D eigenvalue weighted by molar-refractivity contribution is 5.79. The lowest BCUT2D eigenvalue weighted by Gasteiger charge is -2.28. The number of aliphatic hydroxyl groups is 1. The average Bonchev–Trinajstić information content (AvgIpc) is 3.18. The summed E-state index contributed by atoms with van der Waals surface area (Å²) in [5.41, 5.74) is 1.75. The second-order valence-corrected chi connectivity index (χ2v) is 5.83. The number of tetrazole rings is 1. The number of hydrogen-bond donors (Lipinski definition) is 1. The third-order valence-electron chi connectivity index (χ3n) is 4.24. The van der Waals surface area contributed by atoms with Crippen LogP contribution in [0.5, 0.6) is 0 Å². The van der Waals surface area contributed by atoms with E-state index in [4.69, 9.17) is 4.74 Å². The molecule has 0 radical (unpaired) electrons. The van der Waals surface area contributed by atoms with Crippen LogP contribution in [-0.2, 0) is 16.0 Å². The largest absolute Gasteiger partial charge is 0.388 e. The van der Waals surface area contributed by atoms with Crippen molar-refractivity contribution in [3.05, 3.63) is 35.7 Å². The van der Waals surface area contributed by atoms with E-state index >= 15 is 0 Å². The summed E-state index contributed by atoms with van der Waals surface area (Å²) in [5, 5.41) is 21.3. The van der Waals surface area contributed by atoms with Crippen molar-refractivity contribution in [2.45, 2.75) is 32.4 Å². The fourth-order valence-electron chi connectivity index (χ4n) is 2.93. The molecule has 0 unspecified atom stereocenters. The van der Waals surface area contributed by atoms with Gasteiger partial charge in [0.1, 0.15) is 0 Å².